The number of amides is 2. The van der Waals surface area contributed by atoms with Gasteiger partial charge in [-0.3, -0.25) is 9.59 Å². The fourth-order valence-electron chi connectivity index (χ4n) is 3.15. The first-order chi connectivity index (χ1) is 11.1. The van der Waals surface area contributed by atoms with Crippen LogP contribution < -0.4 is 16.0 Å². The second-order valence-electron chi connectivity index (χ2n) is 6.79. The Bertz CT molecular complexity index is 354. The molecule has 0 spiro atoms. The topological polar surface area (TPSA) is 70.2 Å². The number of hydrogen-bond donors (Lipinski definition) is 3. The maximum atomic E-state index is 12.3. The van der Waals surface area contributed by atoms with Crippen molar-refractivity contribution >= 4 is 11.8 Å². The molecule has 3 atom stereocenters. The lowest BCUT2D eigenvalue weighted by atomic mass is 9.94. The highest BCUT2D eigenvalue weighted by molar-refractivity contribution is 5.89. The third-order valence-electron chi connectivity index (χ3n) is 4.55. The van der Waals surface area contributed by atoms with Crippen LogP contribution in [0, 0.1) is 5.92 Å². The van der Waals surface area contributed by atoms with Crippen molar-refractivity contribution in [1.82, 2.24) is 16.0 Å². The van der Waals surface area contributed by atoms with Crippen molar-refractivity contribution < 1.29 is 9.59 Å². The molecule has 0 aromatic rings. The zero-order valence-corrected chi connectivity index (χ0v) is 15.1. The van der Waals surface area contributed by atoms with Gasteiger partial charge >= 0.3 is 0 Å². The standard InChI is InChI=1S/C18H35N3O2/c1-4-6-7-8-10-14(3)13-16(17(22)19-5-2)21-18(23)15-11-9-12-20-15/h14-16,20H,4-13H2,1-3H3,(H,19,22)(H,21,23)/t14?,15-,16-/m0/s1. The van der Waals surface area contributed by atoms with Crippen LogP contribution in [0.3, 0.4) is 0 Å². The van der Waals surface area contributed by atoms with Crippen molar-refractivity contribution in [2.24, 2.45) is 5.92 Å². The van der Waals surface area contributed by atoms with Gasteiger partial charge in [-0.2, -0.15) is 0 Å². The first kappa shape index (κ1) is 19.9. The molecule has 5 heteroatoms. The monoisotopic (exact) mass is 325 g/mol. The highest BCUT2D eigenvalue weighted by Crippen LogP contribution is 2.16. The minimum atomic E-state index is -0.411. The van der Waals surface area contributed by atoms with Gasteiger partial charge in [0, 0.05) is 6.54 Å². The van der Waals surface area contributed by atoms with Crippen molar-refractivity contribution in [3.05, 3.63) is 0 Å². The van der Waals surface area contributed by atoms with Gasteiger partial charge in [0.25, 0.3) is 0 Å². The highest BCUT2D eigenvalue weighted by Gasteiger charge is 2.28. The van der Waals surface area contributed by atoms with E-state index in [4.69, 9.17) is 0 Å². The van der Waals surface area contributed by atoms with Crippen LogP contribution in [0.4, 0.5) is 0 Å². The molecule has 23 heavy (non-hydrogen) atoms. The summed E-state index contributed by atoms with van der Waals surface area (Å²) in [4.78, 5) is 24.6. The van der Waals surface area contributed by atoms with Crippen LogP contribution in [0.15, 0.2) is 0 Å². The van der Waals surface area contributed by atoms with Gasteiger partial charge < -0.3 is 16.0 Å². The maximum absolute atomic E-state index is 12.3. The number of rotatable bonds is 11. The molecule has 1 unspecified atom stereocenters. The second-order valence-corrected chi connectivity index (χ2v) is 6.79. The summed E-state index contributed by atoms with van der Waals surface area (Å²) in [7, 11) is 0. The summed E-state index contributed by atoms with van der Waals surface area (Å²) in [6.45, 7) is 7.78. The molecule has 1 rings (SSSR count). The smallest absolute Gasteiger partial charge is 0.242 e. The van der Waals surface area contributed by atoms with Gasteiger partial charge in [-0.25, -0.2) is 0 Å². The van der Waals surface area contributed by atoms with Gasteiger partial charge in [-0.05, 0) is 38.6 Å². The minimum Gasteiger partial charge on any atom is -0.355 e. The van der Waals surface area contributed by atoms with E-state index in [2.05, 4.69) is 29.8 Å². The minimum absolute atomic E-state index is 0.0306. The van der Waals surface area contributed by atoms with Gasteiger partial charge in [-0.1, -0.05) is 46.0 Å². The van der Waals surface area contributed by atoms with Crippen molar-refractivity contribution in [3.8, 4) is 0 Å². The second kappa shape index (κ2) is 11.4. The fraction of sp³-hybridized carbons (Fsp3) is 0.889. The molecular weight excluding hydrogens is 290 g/mol. The van der Waals surface area contributed by atoms with E-state index in [1.807, 2.05) is 6.92 Å². The van der Waals surface area contributed by atoms with E-state index in [0.29, 0.717) is 12.5 Å². The van der Waals surface area contributed by atoms with E-state index in [1.165, 1.54) is 25.7 Å². The number of hydrogen-bond acceptors (Lipinski definition) is 3. The van der Waals surface area contributed by atoms with Gasteiger partial charge in [0.15, 0.2) is 0 Å². The predicted molar refractivity (Wildman–Crippen MR) is 94.2 cm³/mol. The van der Waals surface area contributed by atoms with Gasteiger partial charge in [0.2, 0.25) is 11.8 Å². The molecule has 1 aliphatic rings. The summed E-state index contributed by atoms with van der Waals surface area (Å²) in [6.07, 6.45) is 8.69. The molecule has 0 aromatic carbocycles. The molecule has 1 saturated heterocycles. The van der Waals surface area contributed by atoms with Gasteiger partial charge in [0.05, 0.1) is 6.04 Å². The van der Waals surface area contributed by atoms with Crippen molar-refractivity contribution in [2.75, 3.05) is 13.1 Å². The Hall–Kier alpha value is -1.10. The van der Waals surface area contributed by atoms with Crippen molar-refractivity contribution in [3.63, 3.8) is 0 Å². The molecule has 1 heterocycles. The summed E-state index contributed by atoms with van der Waals surface area (Å²) < 4.78 is 0. The highest BCUT2D eigenvalue weighted by atomic mass is 16.2. The zero-order chi connectivity index (χ0) is 17.1. The van der Waals surface area contributed by atoms with E-state index in [-0.39, 0.29) is 17.9 Å². The molecule has 1 fully saturated rings. The lowest BCUT2D eigenvalue weighted by Gasteiger charge is -2.23. The maximum Gasteiger partial charge on any atom is 0.242 e. The normalized spacial score (nSPS) is 20.0. The van der Waals surface area contributed by atoms with Crippen LogP contribution in [-0.4, -0.2) is 37.0 Å². The van der Waals surface area contributed by atoms with Crippen LogP contribution in [0.5, 0.6) is 0 Å². The van der Waals surface area contributed by atoms with Gasteiger partial charge in [-0.15, -0.1) is 0 Å². The molecule has 0 radical (unpaired) electrons. The van der Waals surface area contributed by atoms with Crippen LogP contribution in [0.1, 0.15) is 72.1 Å². The zero-order valence-electron chi connectivity index (χ0n) is 15.1. The summed E-state index contributed by atoms with van der Waals surface area (Å²) in [5, 5.41) is 9.00. The first-order valence-electron chi connectivity index (χ1n) is 9.39. The van der Waals surface area contributed by atoms with E-state index in [0.717, 1.165) is 32.2 Å². The summed E-state index contributed by atoms with van der Waals surface area (Å²) in [5.74, 6) is 0.354. The third kappa shape index (κ3) is 7.82. The average molecular weight is 325 g/mol. The van der Waals surface area contributed by atoms with Crippen molar-refractivity contribution in [1.29, 1.82) is 0 Å². The Morgan fingerprint density at radius 3 is 2.61 bits per heavy atom. The summed E-state index contributed by atoms with van der Waals surface area (Å²) in [6, 6.07) is -0.544. The first-order valence-corrected chi connectivity index (χ1v) is 9.39. The number of likely N-dealkylation sites (N-methyl/N-ethyl adjacent to an activating group) is 1. The number of nitrogens with one attached hydrogen (secondary N) is 3. The molecule has 0 aromatic heterocycles. The van der Waals surface area contributed by atoms with E-state index < -0.39 is 6.04 Å². The summed E-state index contributed by atoms with van der Waals surface area (Å²) >= 11 is 0. The fourth-order valence-corrected chi connectivity index (χ4v) is 3.15. The molecule has 5 nitrogen and oxygen atoms in total. The Morgan fingerprint density at radius 1 is 1.22 bits per heavy atom. The van der Waals surface area contributed by atoms with Crippen LogP contribution in [0.25, 0.3) is 0 Å². The number of carbonyl (C=O) groups excluding carboxylic acids is 2. The molecule has 0 aliphatic carbocycles. The van der Waals surface area contributed by atoms with Crippen LogP contribution in [0.2, 0.25) is 0 Å². The molecular formula is C18H35N3O2. The van der Waals surface area contributed by atoms with E-state index in [9.17, 15) is 9.59 Å². The molecule has 3 N–H and O–H groups in total. The molecule has 0 saturated carbocycles. The van der Waals surface area contributed by atoms with Crippen LogP contribution >= 0.6 is 0 Å². The molecule has 1 aliphatic heterocycles. The third-order valence-corrected chi connectivity index (χ3v) is 4.55. The molecule has 0 bridgehead atoms. The SMILES string of the molecule is CCCCCCC(C)C[C@H](NC(=O)[C@@H]1CCCN1)C(=O)NCC. The Balaban J connectivity index is 2.47. The average Bonchev–Trinajstić information content (AvgIpc) is 3.05. The lowest BCUT2D eigenvalue weighted by molar-refractivity contribution is -0.130. The number of unbranched alkanes of at least 4 members (excludes halogenated alkanes) is 3. The van der Waals surface area contributed by atoms with Crippen LogP contribution in [-0.2, 0) is 9.59 Å². The quantitative estimate of drug-likeness (QED) is 0.511. The molecule has 134 valence electrons. The lowest BCUT2D eigenvalue weighted by Crippen LogP contribution is -2.52. The number of carbonyl (C=O) groups is 2. The Labute approximate surface area is 141 Å². The summed E-state index contributed by atoms with van der Waals surface area (Å²) in [5.41, 5.74) is 0. The van der Waals surface area contributed by atoms with Crippen molar-refractivity contribution in [2.45, 2.75) is 84.2 Å². The predicted octanol–water partition coefficient (Wildman–Crippen LogP) is 2.36. The Kier molecular flexibility index (Phi) is 9.92. The largest absolute Gasteiger partial charge is 0.355 e. The Morgan fingerprint density at radius 2 is 2.00 bits per heavy atom. The van der Waals surface area contributed by atoms with E-state index in [1.54, 1.807) is 0 Å². The van der Waals surface area contributed by atoms with Gasteiger partial charge in [0.1, 0.15) is 6.04 Å². The molecule has 2 amide bonds. The van der Waals surface area contributed by atoms with E-state index >= 15 is 0 Å².